The van der Waals surface area contributed by atoms with Crippen molar-refractivity contribution in [1.29, 1.82) is 0 Å². The number of benzene rings is 1. The third kappa shape index (κ3) is 1.83. The molecule has 0 spiro atoms. The fourth-order valence-electron chi connectivity index (χ4n) is 2.44. The Morgan fingerprint density at radius 3 is 2.55 bits per heavy atom. The first-order valence-corrected chi connectivity index (χ1v) is 6.64. The minimum absolute atomic E-state index is 0.233. The van der Waals surface area contributed by atoms with Crippen molar-refractivity contribution in [3.63, 3.8) is 0 Å². The Balaban J connectivity index is 2.15. The summed E-state index contributed by atoms with van der Waals surface area (Å²) in [6, 6.07) is 11.9. The number of nitrogens with zero attached hydrogens (tertiary/aromatic N) is 1. The van der Waals surface area contributed by atoms with Crippen LogP contribution in [0, 0.1) is 0 Å². The van der Waals surface area contributed by atoms with E-state index in [1.165, 1.54) is 6.07 Å². The predicted molar refractivity (Wildman–Crippen MR) is 81.8 cm³/mol. The zero-order valence-corrected chi connectivity index (χ0v) is 11.3. The van der Waals surface area contributed by atoms with E-state index in [1.54, 1.807) is 48.8 Å². The maximum Gasteiger partial charge on any atom is 0.347 e. The average Bonchev–Trinajstić information content (AvgIpc) is 2.55. The van der Waals surface area contributed by atoms with E-state index >= 15 is 0 Å². The van der Waals surface area contributed by atoms with Crippen molar-refractivity contribution in [2.24, 2.45) is 0 Å². The van der Waals surface area contributed by atoms with Crippen molar-refractivity contribution in [2.75, 3.05) is 0 Å². The maximum absolute atomic E-state index is 12.3. The summed E-state index contributed by atoms with van der Waals surface area (Å²) >= 11 is 0. The highest BCUT2D eigenvalue weighted by Crippen LogP contribution is 2.24. The Bertz CT molecular complexity index is 1110. The van der Waals surface area contributed by atoms with Crippen molar-refractivity contribution in [1.82, 2.24) is 4.98 Å². The minimum atomic E-state index is -0.539. The third-order valence-corrected chi connectivity index (χ3v) is 3.47. The van der Waals surface area contributed by atoms with Crippen LogP contribution in [0.2, 0.25) is 0 Å². The molecule has 0 unspecified atom stereocenters. The quantitative estimate of drug-likeness (QED) is 0.398. The van der Waals surface area contributed by atoms with Gasteiger partial charge in [-0.2, -0.15) is 0 Å². The van der Waals surface area contributed by atoms with Gasteiger partial charge < -0.3 is 8.83 Å². The van der Waals surface area contributed by atoms with Gasteiger partial charge >= 0.3 is 11.3 Å². The molecule has 0 fully saturated rings. The van der Waals surface area contributed by atoms with Crippen LogP contribution in [0.1, 0.15) is 0 Å². The van der Waals surface area contributed by atoms with Gasteiger partial charge in [-0.05, 0) is 24.3 Å². The summed E-state index contributed by atoms with van der Waals surface area (Å²) in [7, 11) is 0. The normalized spacial score (nSPS) is 11.1. The second-order valence-electron chi connectivity index (χ2n) is 4.82. The monoisotopic (exact) mass is 291 g/mol. The number of aromatic nitrogens is 1. The number of fused-ring (bicyclic) bond motifs is 3. The Morgan fingerprint density at radius 2 is 1.73 bits per heavy atom. The number of rotatable bonds is 1. The summed E-state index contributed by atoms with van der Waals surface area (Å²) in [6.45, 7) is 0. The maximum atomic E-state index is 12.3. The number of hydrogen-bond acceptors (Lipinski definition) is 5. The molecule has 5 heteroatoms. The van der Waals surface area contributed by atoms with E-state index in [1.807, 2.05) is 0 Å². The molecule has 4 rings (SSSR count). The molecule has 0 aliphatic heterocycles. The average molecular weight is 291 g/mol. The van der Waals surface area contributed by atoms with Crippen LogP contribution in [0.15, 0.2) is 73.3 Å². The highest BCUT2D eigenvalue weighted by atomic mass is 16.4. The van der Waals surface area contributed by atoms with E-state index in [0.29, 0.717) is 16.5 Å². The molecule has 3 aromatic heterocycles. The summed E-state index contributed by atoms with van der Waals surface area (Å²) in [5.74, 6) is 0. The largest absolute Gasteiger partial charge is 0.422 e. The van der Waals surface area contributed by atoms with Crippen LogP contribution in [0.25, 0.3) is 33.1 Å². The van der Waals surface area contributed by atoms with E-state index in [2.05, 4.69) is 4.98 Å². The van der Waals surface area contributed by atoms with Gasteiger partial charge in [0, 0.05) is 18.0 Å². The topological polar surface area (TPSA) is 73.3 Å². The molecule has 4 aromatic rings. The van der Waals surface area contributed by atoms with Gasteiger partial charge in [-0.3, -0.25) is 4.98 Å². The highest BCUT2D eigenvalue weighted by Gasteiger charge is 2.14. The lowest BCUT2D eigenvalue weighted by Crippen LogP contribution is -2.08. The Hall–Kier alpha value is -3.21. The zero-order valence-electron chi connectivity index (χ0n) is 11.3. The first-order chi connectivity index (χ1) is 10.7. The van der Waals surface area contributed by atoms with Crippen LogP contribution in [-0.4, -0.2) is 4.98 Å². The van der Waals surface area contributed by atoms with Gasteiger partial charge in [0.1, 0.15) is 11.0 Å². The Kier molecular flexibility index (Phi) is 2.66. The van der Waals surface area contributed by atoms with Crippen molar-refractivity contribution in [3.8, 4) is 11.1 Å². The SMILES string of the molecule is O=c1oc2c(cc1-c1cccnc1)c(=O)oc1ccccc12. The summed E-state index contributed by atoms with van der Waals surface area (Å²) in [6.07, 6.45) is 3.15. The molecule has 0 bridgehead atoms. The van der Waals surface area contributed by atoms with Crippen molar-refractivity contribution < 1.29 is 8.83 Å². The van der Waals surface area contributed by atoms with Gasteiger partial charge in [-0.1, -0.05) is 18.2 Å². The molecule has 0 aliphatic carbocycles. The van der Waals surface area contributed by atoms with Gasteiger partial charge in [-0.25, -0.2) is 9.59 Å². The fourth-order valence-corrected chi connectivity index (χ4v) is 2.44. The van der Waals surface area contributed by atoms with Crippen LogP contribution in [-0.2, 0) is 0 Å². The smallest absolute Gasteiger partial charge is 0.347 e. The lowest BCUT2D eigenvalue weighted by Gasteiger charge is -2.03. The molecule has 0 N–H and O–H groups in total. The molecule has 5 nitrogen and oxygen atoms in total. The molecule has 0 saturated heterocycles. The minimum Gasteiger partial charge on any atom is -0.422 e. The van der Waals surface area contributed by atoms with Gasteiger partial charge in [0.2, 0.25) is 0 Å². The lowest BCUT2D eigenvalue weighted by molar-refractivity contribution is 0.544. The molecular formula is C17H9NO4. The summed E-state index contributed by atoms with van der Waals surface area (Å²) < 4.78 is 10.7. The first-order valence-electron chi connectivity index (χ1n) is 6.64. The molecule has 0 radical (unpaired) electrons. The Labute approximate surface area is 123 Å². The number of pyridine rings is 1. The van der Waals surface area contributed by atoms with Crippen LogP contribution >= 0.6 is 0 Å². The predicted octanol–water partition coefficient (Wildman–Crippen LogP) is 2.96. The summed E-state index contributed by atoms with van der Waals surface area (Å²) in [5.41, 5.74) is 0.439. The molecule has 3 heterocycles. The van der Waals surface area contributed by atoms with Crippen molar-refractivity contribution >= 4 is 21.9 Å². The molecule has 106 valence electrons. The fraction of sp³-hybridized carbons (Fsp3) is 0. The van der Waals surface area contributed by atoms with Crippen LogP contribution in [0.5, 0.6) is 0 Å². The number of para-hydroxylation sites is 1. The molecule has 0 aliphatic rings. The molecule has 22 heavy (non-hydrogen) atoms. The first kappa shape index (κ1) is 12.5. The van der Waals surface area contributed by atoms with Crippen molar-refractivity contribution in [3.05, 3.63) is 75.7 Å². The van der Waals surface area contributed by atoms with Gasteiger partial charge in [0.25, 0.3) is 0 Å². The second kappa shape index (κ2) is 4.66. The number of hydrogen-bond donors (Lipinski definition) is 0. The van der Waals surface area contributed by atoms with E-state index in [0.717, 1.165) is 0 Å². The highest BCUT2D eigenvalue weighted by molar-refractivity contribution is 6.01. The molecule has 0 saturated carbocycles. The molecule has 0 amide bonds. The van der Waals surface area contributed by atoms with Gasteiger partial charge in [-0.15, -0.1) is 0 Å². The van der Waals surface area contributed by atoms with E-state index in [-0.39, 0.29) is 16.5 Å². The molecule has 0 atom stereocenters. The Morgan fingerprint density at radius 1 is 0.864 bits per heavy atom. The third-order valence-electron chi connectivity index (χ3n) is 3.47. The van der Waals surface area contributed by atoms with Crippen LogP contribution < -0.4 is 11.3 Å². The van der Waals surface area contributed by atoms with Crippen molar-refractivity contribution in [2.45, 2.75) is 0 Å². The van der Waals surface area contributed by atoms with E-state index < -0.39 is 11.3 Å². The summed E-state index contributed by atoms with van der Waals surface area (Å²) in [5, 5.41) is 0.823. The van der Waals surface area contributed by atoms with E-state index in [4.69, 9.17) is 8.83 Å². The zero-order chi connectivity index (χ0) is 15.1. The molecule has 1 aromatic carbocycles. The second-order valence-corrected chi connectivity index (χ2v) is 4.82. The van der Waals surface area contributed by atoms with Gasteiger partial charge in [0.15, 0.2) is 5.58 Å². The van der Waals surface area contributed by atoms with Crippen LogP contribution in [0.3, 0.4) is 0 Å². The standard InChI is InChI=1S/C17H9NO4/c19-16-12(10-4-3-7-18-9-10)8-13-15(22-16)11-5-1-2-6-14(11)21-17(13)20/h1-9H. The van der Waals surface area contributed by atoms with Gasteiger partial charge in [0.05, 0.1) is 10.9 Å². The lowest BCUT2D eigenvalue weighted by atomic mass is 10.1. The van der Waals surface area contributed by atoms with E-state index in [9.17, 15) is 9.59 Å². The molecular weight excluding hydrogens is 282 g/mol. The van der Waals surface area contributed by atoms with Crippen LogP contribution in [0.4, 0.5) is 0 Å². The summed E-state index contributed by atoms with van der Waals surface area (Å²) in [4.78, 5) is 28.4.